The molecule has 0 saturated heterocycles. The van der Waals surface area contributed by atoms with Gasteiger partial charge < -0.3 is 27.9 Å². The van der Waals surface area contributed by atoms with Crippen LogP contribution in [0.4, 0.5) is 0 Å². The van der Waals surface area contributed by atoms with Gasteiger partial charge in [0, 0.05) is 12.8 Å². The number of allylic oxidation sites excluding steroid dienone is 4. The number of nitrogens with zero attached hydrogens (tertiary/aromatic N) is 1. The average Bonchev–Trinajstić information content (AvgIpc) is 3.09. The van der Waals surface area contributed by atoms with Gasteiger partial charge in [-0.05, 0) is 44.9 Å². The second kappa shape index (κ2) is 35.2. The molecule has 2 atom stereocenters. The number of quaternary nitrogens is 1. The van der Waals surface area contributed by atoms with Gasteiger partial charge in [0.05, 0.1) is 27.7 Å². The lowest BCUT2D eigenvalue weighted by atomic mass is 10.1. The van der Waals surface area contributed by atoms with Crippen molar-refractivity contribution in [3.05, 3.63) is 24.3 Å². The topological polar surface area (TPSA) is 111 Å². The minimum Gasteiger partial charge on any atom is -0.756 e. The molecule has 0 aliphatic carbocycles. The molecule has 0 aromatic heterocycles. The number of ether oxygens (including phenoxy) is 2. The van der Waals surface area contributed by atoms with E-state index < -0.39 is 26.5 Å². The molecule has 0 radical (unpaired) electrons. The number of unbranched alkanes of at least 4 members (excludes halogenated alkanes) is 20. The third-order valence-electron chi connectivity index (χ3n) is 8.97. The molecule has 0 aromatic rings. The van der Waals surface area contributed by atoms with Crippen molar-refractivity contribution < 1.29 is 42.1 Å². The summed E-state index contributed by atoms with van der Waals surface area (Å²) >= 11 is 0. The van der Waals surface area contributed by atoms with Crippen LogP contribution < -0.4 is 4.89 Å². The molecule has 306 valence electrons. The fraction of sp³-hybridized carbons (Fsp3) is 0.857. The van der Waals surface area contributed by atoms with E-state index in [4.69, 9.17) is 18.5 Å². The zero-order chi connectivity index (χ0) is 38.6. The molecular formula is C42H80NO8P. The van der Waals surface area contributed by atoms with Gasteiger partial charge in [0.15, 0.2) is 6.10 Å². The first kappa shape index (κ1) is 50.5. The molecule has 0 spiro atoms. The summed E-state index contributed by atoms with van der Waals surface area (Å²) in [6.45, 7) is 4.17. The van der Waals surface area contributed by atoms with E-state index >= 15 is 0 Å². The van der Waals surface area contributed by atoms with Gasteiger partial charge in [-0.15, -0.1) is 0 Å². The Morgan fingerprint density at radius 2 is 1.04 bits per heavy atom. The van der Waals surface area contributed by atoms with Crippen molar-refractivity contribution in [2.75, 3.05) is 47.5 Å². The van der Waals surface area contributed by atoms with Crippen LogP contribution in [0.25, 0.3) is 0 Å². The van der Waals surface area contributed by atoms with Crippen LogP contribution in [-0.2, 0) is 32.7 Å². The van der Waals surface area contributed by atoms with E-state index in [1.54, 1.807) is 0 Å². The Morgan fingerprint density at radius 1 is 0.596 bits per heavy atom. The fourth-order valence-electron chi connectivity index (χ4n) is 5.63. The molecule has 0 heterocycles. The Kier molecular flexibility index (Phi) is 34.2. The quantitative estimate of drug-likeness (QED) is 0.0201. The standard InChI is InChI=1S/C42H80NO8P/c1-6-8-10-12-14-16-17-18-19-20-21-22-23-24-25-27-29-31-33-35-42(45)51-40(39-50-52(46,47)49-37-36-43(3,4)5)38-48-41(44)34-32-30-28-26-15-13-11-9-7-2/h14,16,18-19,40H,6-13,15,17,20-39H2,1-5H3/b16-14-,19-18-/t40-/m1/s1. The van der Waals surface area contributed by atoms with Gasteiger partial charge in [-0.25, -0.2) is 0 Å². The van der Waals surface area contributed by atoms with Crippen LogP contribution in [0.5, 0.6) is 0 Å². The van der Waals surface area contributed by atoms with Crippen LogP contribution in [0.15, 0.2) is 24.3 Å². The summed E-state index contributed by atoms with van der Waals surface area (Å²) in [5.41, 5.74) is 0. The number of carbonyl (C=O) groups is 2. The van der Waals surface area contributed by atoms with E-state index in [0.717, 1.165) is 51.4 Å². The Labute approximate surface area is 319 Å². The van der Waals surface area contributed by atoms with Gasteiger partial charge >= 0.3 is 11.9 Å². The zero-order valence-corrected chi connectivity index (χ0v) is 35.2. The van der Waals surface area contributed by atoms with Crippen molar-refractivity contribution in [3.8, 4) is 0 Å². The van der Waals surface area contributed by atoms with Crippen LogP contribution in [-0.4, -0.2) is 70.0 Å². The highest BCUT2D eigenvalue weighted by Gasteiger charge is 2.21. The second-order valence-electron chi connectivity index (χ2n) is 15.4. The minimum absolute atomic E-state index is 0.0301. The summed E-state index contributed by atoms with van der Waals surface area (Å²) in [4.78, 5) is 37.4. The minimum atomic E-state index is -4.62. The van der Waals surface area contributed by atoms with Gasteiger partial charge in [0.1, 0.15) is 19.8 Å². The van der Waals surface area contributed by atoms with Crippen molar-refractivity contribution in [2.45, 2.75) is 187 Å². The lowest BCUT2D eigenvalue weighted by molar-refractivity contribution is -0.870. The largest absolute Gasteiger partial charge is 0.756 e. The molecule has 0 aliphatic rings. The molecule has 0 aliphatic heterocycles. The highest BCUT2D eigenvalue weighted by molar-refractivity contribution is 7.45. The number of esters is 2. The van der Waals surface area contributed by atoms with Crippen LogP contribution >= 0.6 is 7.82 Å². The number of carbonyl (C=O) groups excluding carboxylic acids is 2. The zero-order valence-electron chi connectivity index (χ0n) is 34.3. The van der Waals surface area contributed by atoms with Crippen molar-refractivity contribution >= 4 is 19.8 Å². The van der Waals surface area contributed by atoms with E-state index in [1.165, 1.54) is 96.3 Å². The van der Waals surface area contributed by atoms with Crippen LogP contribution in [0.2, 0.25) is 0 Å². The smallest absolute Gasteiger partial charge is 0.306 e. The summed E-state index contributed by atoms with van der Waals surface area (Å²) in [6, 6.07) is 0. The van der Waals surface area contributed by atoms with Crippen molar-refractivity contribution in [1.29, 1.82) is 0 Å². The maximum absolute atomic E-state index is 12.6. The molecule has 0 amide bonds. The fourth-order valence-corrected chi connectivity index (χ4v) is 6.35. The Hall–Kier alpha value is -1.51. The summed E-state index contributed by atoms with van der Waals surface area (Å²) in [5, 5.41) is 0. The SMILES string of the molecule is CCCCC/C=C\C/C=C\CCCCCCCCCCCC(=O)O[C@H](COC(=O)CCCCCCCCCCC)COP(=O)([O-])OCC[N+](C)(C)C. The van der Waals surface area contributed by atoms with Gasteiger partial charge in [0.25, 0.3) is 7.82 Å². The molecule has 0 fully saturated rings. The Morgan fingerprint density at radius 3 is 1.56 bits per heavy atom. The second-order valence-corrected chi connectivity index (χ2v) is 16.8. The maximum Gasteiger partial charge on any atom is 0.306 e. The molecule has 0 N–H and O–H groups in total. The van der Waals surface area contributed by atoms with Gasteiger partial charge in [-0.2, -0.15) is 0 Å². The first-order chi connectivity index (χ1) is 25.0. The van der Waals surface area contributed by atoms with Crippen molar-refractivity contribution in [2.24, 2.45) is 0 Å². The summed E-state index contributed by atoms with van der Waals surface area (Å²) < 4.78 is 33.8. The molecule has 0 bridgehead atoms. The van der Waals surface area contributed by atoms with E-state index in [9.17, 15) is 19.0 Å². The van der Waals surface area contributed by atoms with E-state index in [1.807, 2.05) is 21.1 Å². The van der Waals surface area contributed by atoms with Gasteiger partial charge in [-0.1, -0.05) is 147 Å². The predicted molar refractivity (Wildman–Crippen MR) is 213 cm³/mol. The number of hydrogen-bond donors (Lipinski definition) is 0. The van der Waals surface area contributed by atoms with E-state index in [0.29, 0.717) is 17.4 Å². The number of phosphoric acid groups is 1. The molecular weight excluding hydrogens is 677 g/mol. The van der Waals surface area contributed by atoms with Crippen LogP contribution in [0.1, 0.15) is 181 Å². The van der Waals surface area contributed by atoms with Gasteiger partial charge in [-0.3, -0.25) is 14.2 Å². The predicted octanol–water partition coefficient (Wildman–Crippen LogP) is 10.9. The molecule has 52 heavy (non-hydrogen) atoms. The molecule has 0 aromatic carbocycles. The molecule has 0 saturated carbocycles. The normalized spacial score (nSPS) is 13.9. The molecule has 10 heteroatoms. The van der Waals surface area contributed by atoms with Crippen LogP contribution in [0, 0.1) is 0 Å². The van der Waals surface area contributed by atoms with Crippen LogP contribution in [0.3, 0.4) is 0 Å². The third-order valence-corrected chi connectivity index (χ3v) is 9.94. The number of phosphoric ester groups is 1. The van der Waals surface area contributed by atoms with Crippen molar-refractivity contribution in [1.82, 2.24) is 0 Å². The third kappa shape index (κ3) is 38.2. The highest BCUT2D eigenvalue weighted by atomic mass is 31.2. The highest BCUT2D eigenvalue weighted by Crippen LogP contribution is 2.38. The number of likely N-dealkylation sites (N-methyl/N-ethyl adjacent to an activating group) is 1. The average molecular weight is 758 g/mol. The van der Waals surface area contributed by atoms with Crippen molar-refractivity contribution in [3.63, 3.8) is 0 Å². The number of rotatable bonds is 38. The van der Waals surface area contributed by atoms with Gasteiger partial charge in [0.2, 0.25) is 0 Å². The first-order valence-corrected chi connectivity index (χ1v) is 22.5. The molecule has 9 nitrogen and oxygen atoms in total. The Bertz CT molecular complexity index is 949. The number of hydrogen-bond acceptors (Lipinski definition) is 8. The maximum atomic E-state index is 12.6. The van der Waals surface area contributed by atoms with E-state index in [-0.39, 0.29) is 32.0 Å². The molecule has 0 rings (SSSR count). The summed E-state index contributed by atoms with van der Waals surface area (Å²) in [6.07, 6.45) is 36.3. The summed E-state index contributed by atoms with van der Waals surface area (Å²) in [5.74, 6) is -0.839. The van der Waals surface area contributed by atoms with E-state index in [2.05, 4.69) is 38.2 Å². The lowest BCUT2D eigenvalue weighted by Gasteiger charge is -2.28. The monoisotopic (exact) mass is 758 g/mol. The molecule has 1 unspecified atom stereocenters. The first-order valence-electron chi connectivity index (χ1n) is 21.0. The lowest BCUT2D eigenvalue weighted by Crippen LogP contribution is -2.37. The summed E-state index contributed by atoms with van der Waals surface area (Å²) in [7, 11) is 1.16. The Balaban J connectivity index is 4.31.